The molecule has 122 valence electrons. The lowest BCUT2D eigenvalue weighted by Crippen LogP contribution is -2.45. The molecule has 1 heterocycles. The van der Waals surface area contributed by atoms with Gasteiger partial charge in [0.2, 0.25) is 0 Å². The minimum atomic E-state index is -0.463. The topological polar surface area (TPSA) is 61.8 Å². The Balaban J connectivity index is 1.76. The van der Waals surface area contributed by atoms with Crippen LogP contribution in [0, 0.1) is 0 Å². The number of likely N-dealkylation sites (tertiary alicyclic amines) is 1. The fourth-order valence-electron chi connectivity index (χ4n) is 2.60. The van der Waals surface area contributed by atoms with Crippen molar-refractivity contribution in [1.82, 2.24) is 10.2 Å². The molecule has 1 saturated heterocycles. The zero-order valence-electron chi connectivity index (χ0n) is 13.6. The molecule has 2 rings (SSSR count). The second kappa shape index (κ2) is 7.01. The van der Waals surface area contributed by atoms with E-state index in [0.717, 1.165) is 38.0 Å². The number of aromatic hydroxyl groups is 1. The Morgan fingerprint density at radius 3 is 2.55 bits per heavy atom. The molecule has 1 amide bonds. The van der Waals surface area contributed by atoms with Crippen LogP contribution in [0.4, 0.5) is 4.79 Å². The number of alkyl carbamates (subject to hydrolysis) is 1. The van der Waals surface area contributed by atoms with Crippen molar-refractivity contribution in [3.05, 3.63) is 29.8 Å². The molecule has 0 aliphatic carbocycles. The molecule has 0 aromatic heterocycles. The van der Waals surface area contributed by atoms with Crippen molar-refractivity contribution >= 4 is 6.09 Å². The number of phenolic OH excluding ortho intramolecular Hbond substituents is 1. The molecule has 5 heteroatoms. The minimum Gasteiger partial charge on any atom is -0.508 e. The number of ether oxygens (including phenoxy) is 1. The molecule has 1 aliphatic rings. The maximum atomic E-state index is 11.8. The normalized spacial score (nSPS) is 17.2. The first kappa shape index (κ1) is 16.6. The lowest BCUT2D eigenvalue weighted by Gasteiger charge is -2.32. The van der Waals surface area contributed by atoms with Gasteiger partial charge in [0.15, 0.2) is 0 Å². The van der Waals surface area contributed by atoms with E-state index in [2.05, 4.69) is 10.2 Å². The van der Waals surface area contributed by atoms with Gasteiger partial charge in [0.25, 0.3) is 0 Å². The second-order valence-electron chi connectivity index (χ2n) is 6.83. The molecule has 1 fully saturated rings. The van der Waals surface area contributed by atoms with E-state index < -0.39 is 5.60 Å². The lowest BCUT2D eigenvalue weighted by atomic mass is 10.0. The maximum Gasteiger partial charge on any atom is 0.407 e. The molecule has 0 spiro atoms. The van der Waals surface area contributed by atoms with E-state index in [9.17, 15) is 9.90 Å². The van der Waals surface area contributed by atoms with Crippen LogP contribution in [0.25, 0.3) is 0 Å². The number of hydrogen-bond acceptors (Lipinski definition) is 4. The van der Waals surface area contributed by atoms with Crippen LogP contribution in [0.2, 0.25) is 0 Å². The number of benzene rings is 1. The van der Waals surface area contributed by atoms with Crippen molar-refractivity contribution in [3.8, 4) is 5.75 Å². The molecule has 1 aromatic rings. The van der Waals surface area contributed by atoms with Crippen LogP contribution in [0.1, 0.15) is 39.2 Å². The summed E-state index contributed by atoms with van der Waals surface area (Å²) in [5, 5.41) is 12.8. The monoisotopic (exact) mass is 306 g/mol. The highest BCUT2D eigenvalue weighted by molar-refractivity contribution is 5.68. The summed E-state index contributed by atoms with van der Waals surface area (Å²) < 4.78 is 5.28. The van der Waals surface area contributed by atoms with E-state index in [4.69, 9.17) is 4.74 Å². The van der Waals surface area contributed by atoms with E-state index in [-0.39, 0.29) is 12.1 Å². The van der Waals surface area contributed by atoms with Crippen LogP contribution in [-0.2, 0) is 11.3 Å². The van der Waals surface area contributed by atoms with E-state index in [1.165, 1.54) is 0 Å². The predicted octanol–water partition coefficient (Wildman–Crippen LogP) is 2.88. The lowest BCUT2D eigenvalue weighted by molar-refractivity contribution is 0.0477. The summed E-state index contributed by atoms with van der Waals surface area (Å²) in [4.78, 5) is 14.1. The number of carbonyl (C=O) groups excluding carboxylic acids is 1. The van der Waals surface area contributed by atoms with Gasteiger partial charge in [0, 0.05) is 31.2 Å². The number of para-hydroxylation sites is 1. The minimum absolute atomic E-state index is 0.162. The van der Waals surface area contributed by atoms with Gasteiger partial charge >= 0.3 is 6.09 Å². The van der Waals surface area contributed by atoms with Crippen molar-refractivity contribution in [3.63, 3.8) is 0 Å². The largest absolute Gasteiger partial charge is 0.508 e. The number of piperidine rings is 1. The van der Waals surface area contributed by atoms with Crippen LogP contribution in [-0.4, -0.2) is 40.8 Å². The first-order valence-corrected chi connectivity index (χ1v) is 7.82. The molecule has 22 heavy (non-hydrogen) atoms. The van der Waals surface area contributed by atoms with Crippen LogP contribution in [0.5, 0.6) is 5.75 Å². The van der Waals surface area contributed by atoms with Gasteiger partial charge in [0.1, 0.15) is 11.4 Å². The number of amides is 1. The van der Waals surface area contributed by atoms with Crippen LogP contribution in [0.15, 0.2) is 24.3 Å². The Kier molecular flexibility index (Phi) is 5.29. The molecule has 1 aliphatic heterocycles. The Bertz CT molecular complexity index is 503. The van der Waals surface area contributed by atoms with Gasteiger partial charge in [-0.25, -0.2) is 4.79 Å². The fourth-order valence-corrected chi connectivity index (χ4v) is 2.60. The molecule has 5 nitrogen and oxygen atoms in total. The summed E-state index contributed by atoms with van der Waals surface area (Å²) in [5.74, 6) is 0.344. The third-order valence-electron chi connectivity index (χ3n) is 3.69. The standard InChI is InChI=1S/C17H26N2O3/c1-17(2,3)22-16(21)18-14-8-10-19(11-9-14)12-13-6-4-5-7-15(13)20/h4-7,14,20H,8-12H2,1-3H3,(H,18,21). The van der Waals surface area contributed by atoms with Crippen LogP contribution < -0.4 is 5.32 Å². The maximum absolute atomic E-state index is 11.8. The third kappa shape index (κ3) is 5.22. The van der Waals surface area contributed by atoms with Gasteiger partial charge in [0.05, 0.1) is 0 Å². The highest BCUT2D eigenvalue weighted by Crippen LogP contribution is 2.20. The van der Waals surface area contributed by atoms with Crippen LogP contribution >= 0.6 is 0 Å². The summed E-state index contributed by atoms with van der Waals surface area (Å²) >= 11 is 0. The molecule has 2 N–H and O–H groups in total. The molecule has 0 saturated carbocycles. The number of nitrogens with zero attached hydrogens (tertiary/aromatic N) is 1. The highest BCUT2D eigenvalue weighted by atomic mass is 16.6. The predicted molar refractivity (Wildman–Crippen MR) is 85.8 cm³/mol. The fraction of sp³-hybridized carbons (Fsp3) is 0.588. The van der Waals surface area contributed by atoms with E-state index in [1.54, 1.807) is 6.07 Å². The molecular weight excluding hydrogens is 280 g/mol. The van der Waals surface area contributed by atoms with Crippen molar-refractivity contribution < 1.29 is 14.6 Å². The third-order valence-corrected chi connectivity index (χ3v) is 3.69. The van der Waals surface area contributed by atoms with Crippen molar-refractivity contribution in [2.45, 2.75) is 51.8 Å². The number of rotatable bonds is 3. The van der Waals surface area contributed by atoms with E-state index in [1.807, 2.05) is 39.0 Å². The van der Waals surface area contributed by atoms with Crippen molar-refractivity contribution in [1.29, 1.82) is 0 Å². The van der Waals surface area contributed by atoms with Crippen molar-refractivity contribution in [2.24, 2.45) is 0 Å². The molecule has 0 atom stereocenters. The Morgan fingerprint density at radius 1 is 1.32 bits per heavy atom. The average molecular weight is 306 g/mol. The molecular formula is C17H26N2O3. The van der Waals surface area contributed by atoms with Gasteiger partial charge in [-0.3, -0.25) is 4.90 Å². The summed E-state index contributed by atoms with van der Waals surface area (Å²) in [5.41, 5.74) is 0.483. The van der Waals surface area contributed by atoms with Crippen LogP contribution in [0.3, 0.4) is 0 Å². The number of phenols is 1. The first-order chi connectivity index (χ1) is 10.3. The zero-order chi connectivity index (χ0) is 16.2. The quantitative estimate of drug-likeness (QED) is 0.901. The smallest absolute Gasteiger partial charge is 0.407 e. The average Bonchev–Trinajstić information content (AvgIpc) is 2.41. The molecule has 0 radical (unpaired) electrons. The van der Waals surface area contributed by atoms with Crippen molar-refractivity contribution in [2.75, 3.05) is 13.1 Å². The number of nitrogens with one attached hydrogen (secondary N) is 1. The number of carbonyl (C=O) groups is 1. The Hall–Kier alpha value is -1.75. The molecule has 0 unspecified atom stereocenters. The summed E-state index contributed by atoms with van der Waals surface area (Å²) in [6.07, 6.45) is 1.45. The highest BCUT2D eigenvalue weighted by Gasteiger charge is 2.23. The second-order valence-corrected chi connectivity index (χ2v) is 6.83. The Labute approximate surface area is 132 Å². The SMILES string of the molecule is CC(C)(C)OC(=O)NC1CCN(Cc2ccccc2O)CC1. The summed E-state index contributed by atoms with van der Waals surface area (Å²) in [6, 6.07) is 7.59. The molecule has 0 bridgehead atoms. The zero-order valence-corrected chi connectivity index (χ0v) is 13.6. The van der Waals surface area contributed by atoms with Gasteiger partial charge < -0.3 is 15.2 Å². The molecule has 1 aromatic carbocycles. The number of hydrogen-bond donors (Lipinski definition) is 2. The van der Waals surface area contributed by atoms with Gasteiger partial charge in [-0.15, -0.1) is 0 Å². The van der Waals surface area contributed by atoms with Gasteiger partial charge in [-0.1, -0.05) is 18.2 Å². The van der Waals surface area contributed by atoms with E-state index >= 15 is 0 Å². The summed E-state index contributed by atoms with van der Waals surface area (Å²) in [6.45, 7) is 8.12. The Morgan fingerprint density at radius 2 is 1.95 bits per heavy atom. The van der Waals surface area contributed by atoms with E-state index in [0.29, 0.717) is 5.75 Å². The van der Waals surface area contributed by atoms with Gasteiger partial charge in [-0.2, -0.15) is 0 Å². The first-order valence-electron chi connectivity index (χ1n) is 7.82. The summed E-state index contributed by atoms with van der Waals surface area (Å²) in [7, 11) is 0. The van der Waals surface area contributed by atoms with Gasteiger partial charge in [-0.05, 0) is 39.7 Å².